The van der Waals surface area contributed by atoms with Crippen LogP contribution in [0.3, 0.4) is 0 Å². The number of piperidine rings is 1. The number of nitrogens with zero attached hydrogens (tertiary/aromatic N) is 1. The molecule has 1 saturated carbocycles. The second-order valence-electron chi connectivity index (χ2n) is 8.72. The lowest BCUT2D eigenvalue weighted by Gasteiger charge is -2.33. The van der Waals surface area contributed by atoms with E-state index in [1.165, 1.54) is 32.2 Å². The van der Waals surface area contributed by atoms with Gasteiger partial charge in [-0.15, -0.1) is 0 Å². The molecule has 0 radical (unpaired) electrons. The van der Waals surface area contributed by atoms with Crippen LogP contribution in [-0.2, 0) is 0 Å². The van der Waals surface area contributed by atoms with Crippen LogP contribution >= 0.6 is 0 Å². The molecule has 2 aliphatic rings. The van der Waals surface area contributed by atoms with Gasteiger partial charge in [-0.1, -0.05) is 31.0 Å². The van der Waals surface area contributed by atoms with Crippen LogP contribution in [0.5, 0.6) is 0 Å². The van der Waals surface area contributed by atoms with Gasteiger partial charge in [0.1, 0.15) is 0 Å². The fourth-order valence-electron chi connectivity index (χ4n) is 4.60. The predicted octanol–water partition coefficient (Wildman–Crippen LogP) is 4.72. The van der Waals surface area contributed by atoms with Crippen LogP contribution in [-0.4, -0.2) is 42.5 Å². The molecule has 6 nitrogen and oxygen atoms in total. The maximum Gasteiger partial charge on any atom is 0.319 e. The van der Waals surface area contributed by atoms with Gasteiger partial charge in [-0.2, -0.15) is 0 Å². The van der Waals surface area contributed by atoms with Crippen molar-refractivity contribution in [1.29, 1.82) is 0 Å². The molecule has 0 aromatic heterocycles. The van der Waals surface area contributed by atoms with E-state index in [9.17, 15) is 9.59 Å². The molecule has 0 bridgehead atoms. The molecule has 2 aromatic carbocycles. The summed E-state index contributed by atoms with van der Waals surface area (Å²) in [6, 6.07) is 16.3. The highest BCUT2D eigenvalue weighted by Crippen LogP contribution is 2.26. The highest BCUT2D eigenvalue weighted by atomic mass is 16.2. The zero-order chi connectivity index (χ0) is 21.5. The van der Waals surface area contributed by atoms with Crippen molar-refractivity contribution in [2.75, 3.05) is 30.3 Å². The lowest BCUT2D eigenvalue weighted by molar-refractivity contribution is 0.102. The number of hydrogen-bond acceptors (Lipinski definition) is 3. The number of para-hydroxylation sites is 1. The Balaban J connectivity index is 1.19. The summed E-state index contributed by atoms with van der Waals surface area (Å²) in [5.74, 6) is 0.706. The minimum absolute atomic E-state index is 0.174. The number of carbonyl (C=O) groups is 2. The van der Waals surface area contributed by atoms with Gasteiger partial charge in [-0.3, -0.25) is 4.79 Å². The number of benzene rings is 2. The summed E-state index contributed by atoms with van der Waals surface area (Å²) < 4.78 is 0. The van der Waals surface area contributed by atoms with E-state index >= 15 is 0 Å². The fraction of sp³-hybridized carbons (Fsp3) is 0.440. The summed E-state index contributed by atoms with van der Waals surface area (Å²) in [6.07, 6.45) is 7.54. The molecule has 0 unspecified atom stereocenters. The van der Waals surface area contributed by atoms with Gasteiger partial charge in [0.25, 0.3) is 5.91 Å². The Morgan fingerprint density at radius 2 is 1.45 bits per heavy atom. The zero-order valence-electron chi connectivity index (χ0n) is 18.0. The van der Waals surface area contributed by atoms with Crippen molar-refractivity contribution in [1.82, 2.24) is 10.2 Å². The number of hydrogen-bond donors (Lipinski definition) is 3. The second kappa shape index (κ2) is 10.4. The maximum absolute atomic E-state index is 12.4. The first-order chi connectivity index (χ1) is 15.2. The molecule has 0 atom stereocenters. The number of urea groups is 1. The minimum Gasteiger partial charge on any atom is -0.335 e. The SMILES string of the molecule is O=C(Nc1ccc(C(=O)Nc2ccccc2)cc1)NC1CCN(CC2CCCC2)CC1. The van der Waals surface area contributed by atoms with E-state index in [1.54, 1.807) is 24.3 Å². The molecular formula is C25H32N4O2. The number of amides is 3. The maximum atomic E-state index is 12.4. The van der Waals surface area contributed by atoms with E-state index in [2.05, 4.69) is 20.9 Å². The van der Waals surface area contributed by atoms with Crippen LogP contribution in [0, 0.1) is 5.92 Å². The Morgan fingerprint density at radius 3 is 2.13 bits per heavy atom. The van der Waals surface area contributed by atoms with E-state index in [-0.39, 0.29) is 18.0 Å². The minimum atomic E-state index is -0.185. The first kappa shape index (κ1) is 21.4. The molecule has 6 heteroatoms. The van der Waals surface area contributed by atoms with Crippen molar-refractivity contribution in [3.05, 3.63) is 60.2 Å². The Morgan fingerprint density at radius 1 is 0.806 bits per heavy atom. The molecule has 1 aliphatic carbocycles. The van der Waals surface area contributed by atoms with Gasteiger partial charge in [-0.05, 0) is 68.0 Å². The van der Waals surface area contributed by atoms with Gasteiger partial charge in [0.15, 0.2) is 0 Å². The van der Waals surface area contributed by atoms with Crippen LogP contribution in [0.4, 0.5) is 16.2 Å². The van der Waals surface area contributed by atoms with Crippen LogP contribution < -0.4 is 16.0 Å². The third-order valence-corrected chi connectivity index (χ3v) is 6.35. The Labute approximate surface area is 184 Å². The Kier molecular flexibility index (Phi) is 7.20. The number of likely N-dealkylation sites (tertiary alicyclic amines) is 1. The van der Waals surface area contributed by atoms with E-state index in [4.69, 9.17) is 0 Å². The number of rotatable bonds is 6. The van der Waals surface area contributed by atoms with Crippen LogP contribution in [0.15, 0.2) is 54.6 Å². The van der Waals surface area contributed by atoms with Gasteiger partial charge in [0.05, 0.1) is 0 Å². The average Bonchev–Trinajstić information content (AvgIpc) is 3.29. The second-order valence-corrected chi connectivity index (χ2v) is 8.72. The molecule has 3 amide bonds. The molecule has 0 spiro atoms. The molecule has 2 fully saturated rings. The van der Waals surface area contributed by atoms with Crippen molar-refractivity contribution in [2.24, 2.45) is 5.92 Å². The smallest absolute Gasteiger partial charge is 0.319 e. The summed E-state index contributed by atoms with van der Waals surface area (Å²) >= 11 is 0. The standard InChI is InChI=1S/C25H32N4O2/c30-24(26-21-8-2-1-3-9-21)20-10-12-22(13-11-20)27-25(31)28-23-14-16-29(17-15-23)18-19-6-4-5-7-19/h1-3,8-13,19,23H,4-7,14-18H2,(H,26,30)(H2,27,28,31). The summed E-state index contributed by atoms with van der Waals surface area (Å²) in [7, 11) is 0. The lowest BCUT2D eigenvalue weighted by Crippen LogP contribution is -2.46. The Hall–Kier alpha value is -2.86. The first-order valence-electron chi connectivity index (χ1n) is 11.4. The fourth-order valence-corrected chi connectivity index (χ4v) is 4.60. The topological polar surface area (TPSA) is 73.5 Å². The van der Waals surface area contributed by atoms with Gasteiger partial charge in [0, 0.05) is 42.6 Å². The molecule has 3 N–H and O–H groups in total. The number of anilines is 2. The number of nitrogens with one attached hydrogen (secondary N) is 3. The van der Waals surface area contributed by atoms with Crippen LogP contribution in [0.1, 0.15) is 48.9 Å². The van der Waals surface area contributed by atoms with Crippen molar-refractivity contribution in [3.63, 3.8) is 0 Å². The van der Waals surface area contributed by atoms with Crippen molar-refractivity contribution in [2.45, 2.75) is 44.6 Å². The molecule has 4 rings (SSSR count). The first-order valence-corrected chi connectivity index (χ1v) is 11.4. The molecule has 1 aliphatic heterocycles. The average molecular weight is 421 g/mol. The molecule has 1 heterocycles. The van der Waals surface area contributed by atoms with E-state index in [1.807, 2.05) is 30.3 Å². The van der Waals surface area contributed by atoms with Gasteiger partial charge >= 0.3 is 6.03 Å². The molecular weight excluding hydrogens is 388 g/mol. The van der Waals surface area contributed by atoms with Crippen molar-refractivity contribution >= 4 is 23.3 Å². The van der Waals surface area contributed by atoms with Gasteiger partial charge < -0.3 is 20.9 Å². The highest BCUT2D eigenvalue weighted by molar-refractivity contribution is 6.04. The Bertz CT molecular complexity index is 855. The molecule has 31 heavy (non-hydrogen) atoms. The summed E-state index contributed by atoms with van der Waals surface area (Å²) in [5, 5.41) is 8.83. The van der Waals surface area contributed by atoms with Crippen molar-refractivity contribution in [3.8, 4) is 0 Å². The van der Waals surface area contributed by atoms with Gasteiger partial charge in [0.2, 0.25) is 0 Å². The van der Waals surface area contributed by atoms with Crippen LogP contribution in [0.2, 0.25) is 0 Å². The lowest BCUT2D eigenvalue weighted by atomic mass is 10.0. The van der Waals surface area contributed by atoms with E-state index in [0.29, 0.717) is 11.3 Å². The molecule has 2 aromatic rings. The quantitative estimate of drug-likeness (QED) is 0.633. The van der Waals surface area contributed by atoms with Crippen LogP contribution in [0.25, 0.3) is 0 Å². The molecule has 1 saturated heterocycles. The number of carbonyl (C=O) groups excluding carboxylic acids is 2. The largest absolute Gasteiger partial charge is 0.335 e. The summed E-state index contributed by atoms with van der Waals surface area (Å²) in [5.41, 5.74) is 1.97. The monoisotopic (exact) mass is 420 g/mol. The van der Waals surface area contributed by atoms with Gasteiger partial charge in [-0.25, -0.2) is 4.79 Å². The van der Waals surface area contributed by atoms with Crippen molar-refractivity contribution < 1.29 is 9.59 Å². The third kappa shape index (κ3) is 6.31. The van der Waals surface area contributed by atoms with E-state index < -0.39 is 0 Å². The summed E-state index contributed by atoms with van der Waals surface area (Å²) in [4.78, 5) is 27.3. The van der Waals surface area contributed by atoms with E-state index in [0.717, 1.165) is 37.5 Å². The summed E-state index contributed by atoms with van der Waals surface area (Å²) in [6.45, 7) is 3.35. The zero-order valence-corrected chi connectivity index (χ0v) is 18.0. The normalized spacial score (nSPS) is 17.9. The predicted molar refractivity (Wildman–Crippen MR) is 124 cm³/mol. The highest BCUT2D eigenvalue weighted by Gasteiger charge is 2.24. The molecule has 164 valence electrons. The third-order valence-electron chi connectivity index (χ3n) is 6.35.